The van der Waals surface area contributed by atoms with Crippen LogP contribution in [0.3, 0.4) is 0 Å². The number of hydrogen-bond donors (Lipinski definition) is 0. The van der Waals surface area contributed by atoms with Crippen molar-refractivity contribution in [3.63, 3.8) is 0 Å². The van der Waals surface area contributed by atoms with Crippen LogP contribution in [-0.2, 0) is 14.6 Å². The zero-order chi connectivity index (χ0) is 14.1. The second-order valence-electron chi connectivity index (χ2n) is 6.25. The highest BCUT2D eigenvalue weighted by Gasteiger charge is 2.57. The van der Waals surface area contributed by atoms with Crippen molar-refractivity contribution >= 4 is 9.84 Å². The van der Waals surface area contributed by atoms with Crippen molar-refractivity contribution in [1.29, 1.82) is 0 Å². The SMILES string of the molecule is CCOC1CC(N(C)CCS(C)(=O)=O)C12CCCC2. The molecule has 0 aliphatic heterocycles. The Balaban J connectivity index is 1.97. The van der Waals surface area contributed by atoms with Crippen molar-refractivity contribution in [2.45, 2.75) is 51.2 Å². The molecule has 0 bridgehead atoms. The summed E-state index contributed by atoms with van der Waals surface area (Å²) in [4.78, 5) is 2.25. The van der Waals surface area contributed by atoms with Gasteiger partial charge in [0.15, 0.2) is 0 Å². The number of sulfone groups is 1. The molecule has 0 N–H and O–H groups in total. The summed E-state index contributed by atoms with van der Waals surface area (Å²) in [5, 5.41) is 0. The zero-order valence-electron chi connectivity index (χ0n) is 12.4. The summed E-state index contributed by atoms with van der Waals surface area (Å²) in [5.41, 5.74) is 0.308. The Labute approximate surface area is 117 Å². The molecule has 2 aliphatic carbocycles. The van der Waals surface area contributed by atoms with Crippen LogP contribution in [0.1, 0.15) is 39.0 Å². The second kappa shape index (κ2) is 5.70. The van der Waals surface area contributed by atoms with Gasteiger partial charge in [-0.15, -0.1) is 0 Å². The van der Waals surface area contributed by atoms with Crippen LogP contribution in [0.25, 0.3) is 0 Å². The quantitative estimate of drug-likeness (QED) is 0.747. The zero-order valence-corrected chi connectivity index (χ0v) is 13.2. The Morgan fingerprint density at radius 1 is 1.32 bits per heavy atom. The smallest absolute Gasteiger partial charge is 0.148 e. The summed E-state index contributed by atoms with van der Waals surface area (Å²) in [6.45, 7) is 3.49. The first-order valence-electron chi connectivity index (χ1n) is 7.38. The van der Waals surface area contributed by atoms with E-state index in [4.69, 9.17) is 4.74 Å². The molecule has 1 spiro atoms. The second-order valence-corrected chi connectivity index (χ2v) is 8.51. The number of ether oxygens (including phenoxy) is 1. The Kier molecular flexibility index (Phi) is 4.58. The first kappa shape index (κ1) is 15.3. The van der Waals surface area contributed by atoms with Gasteiger partial charge in [0.05, 0.1) is 11.9 Å². The van der Waals surface area contributed by atoms with Gasteiger partial charge in [-0.25, -0.2) is 8.42 Å². The molecule has 4 nitrogen and oxygen atoms in total. The predicted molar refractivity (Wildman–Crippen MR) is 77.1 cm³/mol. The summed E-state index contributed by atoms with van der Waals surface area (Å²) in [7, 11) is -0.801. The van der Waals surface area contributed by atoms with Crippen molar-refractivity contribution in [2.24, 2.45) is 5.41 Å². The van der Waals surface area contributed by atoms with Crippen molar-refractivity contribution < 1.29 is 13.2 Å². The molecule has 0 heterocycles. The predicted octanol–water partition coefficient (Wildman–Crippen LogP) is 1.70. The van der Waals surface area contributed by atoms with Crippen LogP contribution in [0, 0.1) is 5.41 Å². The summed E-state index contributed by atoms with van der Waals surface area (Å²) in [5.74, 6) is 0.259. The van der Waals surface area contributed by atoms with Crippen LogP contribution in [-0.4, -0.2) is 57.7 Å². The molecule has 2 saturated carbocycles. The maximum absolute atomic E-state index is 11.3. The molecule has 2 atom stereocenters. The molecule has 5 heteroatoms. The maximum atomic E-state index is 11.3. The Morgan fingerprint density at radius 2 is 1.95 bits per heavy atom. The van der Waals surface area contributed by atoms with Crippen LogP contribution < -0.4 is 0 Å². The number of nitrogens with zero attached hydrogens (tertiary/aromatic N) is 1. The van der Waals surface area contributed by atoms with Crippen molar-refractivity contribution in [1.82, 2.24) is 4.90 Å². The van der Waals surface area contributed by atoms with Gasteiger partial charge in [0.1, 0.15) is 9.84 Å². The fourth-order valence-electron chi connectivity index (χ4n) is 3.93. The largest absolute Gasteiger partial charge is 0.378 e. The monoisotopic (exact) mass is 289 g/mol. The van der Waals surface area contributed by atoms with E-state index in [1.807, 2.05) is 0 Å². The van der Waals surface area contributed by atoms with Crippen LogP contribution >= 0.6 is 0 Å². The minimum atomic E-state index is -2.87. The van der Waals surface area contributed by atoms with Gasteiger partial charge >= 0.3 is 0 Å². The van der Waals surface area contributed by atoms with E-state index in [-0.39, 0.29) is 5.75 Å². The van der Waals surface area contributed by atoms with E-state index in [1.165, 1.54) is 31.9 Å². The van der Waals surface area contributed by atoms with E-state index in [9.17, 15) is 8.42 Å². The summed E-state index contributed by atoms with van der Waals surface area (Å²) in [6, 6.07) is 0.508. The minimum Gasteiger partial charge on any atom is -0.378 e. The average Bonchev–Trinajstić information content (AvgIpc) is 2.82. The molecule has 0 aromatic heterocycles. The Bertz CT molecular complexity index is 401. The summed E-state index contributed by atoms with van der Waals surface area (Å²) in [6.07, 6.45) is 7.84. The molecule has 0 amide bonds. The molecule has 2 fully saturated rings. The van der Waals surface area contributed by atoms with Crippen LogP contribution in [0.5, 0.6) is 0 Å². The average molecular weight is 289 g/mol. The van der Waals surface area contributed by atoms with Gasteiger partial charge in [-0.3, -0.25) is 0 Å². The first-order valence-corrected chi connectivity index (χ1v) is 9.44. The van der Waals surface area contributed by atoms with Gasteiger partial charge < -0.3 is 9.64 Å². The fourth-order valence-corrected chi connectivity index (χ4v) is 4.55. The Morgan fingerprint density at radius 3 is 2.47 bits per heavy atom. The highest BCUT2D eigenvalue weighted by molar-refractivity contribution is 7.90. The highest BCUT2D eigenvalue weighted by Crippen LogP contribution is 2.56. The van der Waals surface area contributed by atoms with Gasteiger partial charge in [0, 0.05) is 30.9 Å². The highest BCUT2D eigenvalue weighted by atomic mass is 32.2. The number of hydrogen-bond acceptors (Lipinski definition) is 4. The molecule has 0 saturated heterocycles. The fraction of sp³-hybridized carbons (Fsp3) is 1.00. The summed E-state index contributed by atoms with van der Waals surface area (Å²) >= 11 is 0. The standard InChI is InChI=1S/C14H27NO3S/c1-4-18-13-11-12(14(13)7-5-6-8-14)15(2)9-10-19(3,16)17/h12-13H,4-11H2,1-3H3. The molecule has 112 valence electrons. The van der Waals surface area contributed by atoms with Gasteiger partial charge in [-0.1, -0.05) is 12.8 Å². The third-order valence-electron chi connectivity index (χ3n) is 4.99. The van der Waals surface area contributed by atoms with E-state index in [2.05, 4.69) is 18.9 Å². The lowest BCUT2D eigenvalue weighted by molar-refractivity contribution is -0.159. The van der Waals surface area contributed by atoms with Crippen LogP contribution in [0.2, 0.25) is 0 Å². The van der Waals surface area contributed by atoms with E-state index in [1.54, 1.807) is 0 Å². The lowest BCUT2D eigenvalue weighted by Gasteiger charge is -2.57. The lowest BCUT2D eigenvalue weighted by atomic mass is 9.60. The number of rotatable bonds is 6. The van der Waals surface area contributed by atoms with E-state index in [0.29, 0.717) is 24.1 Å². The molecule has 2 unspecified atom stereocenters. The maximum Gasteiger partial charge on any atom is 0.148 e. The minimum absolute atomic E-state index is 0.259. The molecule has 2 rings (SSSR count). The van der Waals surface area contributed by atoms with E-state index >= 15 is 0 Å². The van der Waals surface area contributed by atoms with Crippen LogP contribution in [0.15, 0.2) is 0 Å². The van der Waals surface area contributed by atoms with Crippen molar-refractivity contribution in [3.05, 3.63) is 0 Å². The molecule has 0 radical (unpaired) electrons. The molecule has 0 aromatic carbocycles. The molecular weight excluding hydrogens is 262 g/mol. The summed E-state index contributed by atoms with van der Waals surface area (Å²) < 4.78 is 28.5. The third kappa shape index (κ3) is 3.14. The third-order valence-corrected chi connectivity index (χ3v) is 5.92. The Hall–Kier alpha value is -0.130. The van der Waals surface area contributed by atoms with Crippen molar-refractivity contribution in [3.8, 4) is 0 Å². The lowest BCUT2D eigenvalue weighted by Crippen LogP contribution is -2.63. The topological polar surface area (TPSA) is 46.6 Å². The molecular formula is C14H27NO3S. The van der Waals surface area contributed by atoms with E-state index < -0.39 is 9.84 Å². The van der Waals surface area contributed by atoms with Gasteiger partial charge in [0.2, 0.25) is 0 Å². The molecule has 0 aromatic rings. The molecule has 19 heavy (non-hydrogen) atoms. The van der Waals surface area contributed by atoms with E-state index in [0.717, 1.165) is 13.0 Å². The van der Waals surface area contributed by atoms with Gasteiger partial charge in [0.25, 0.3) is 0 Å². The van der Waals surface area contributed by atoms with Gasteiger partial charge in [-0.05, 0) is 33.2 Å². The normalized spacial score (nSPS) is 29.9. The molecule has 2 aliphatic rings. The van der Waals surface area contributed by atoms with Crippen molar-refractivity contribution in [2.75, 3.05) is 32.2 Å². The van der Waals surface area contributed by atoms with Gasteiger partial charge in [-0.2, -0.15) is 0 Å². The first-order chi connectivity index (χ1) is 8.89. The van der Waals surface area contributed by atoms with Crippen LogP contribution in [0.4, 0.5) is 0 Å².